The van der Waals surface area contributed by atoms with Gasteiger partial charge in [-0.1, -0.05) is 0 Å². The number of nitrogens with one attached hydrogen (secondary N) is 1. The lowest BCUT2D eigenvalue weighted by Crippen LogP contribution is -2.29. The Balaban J connectivity index is 1.68. The minimum atomic E-state index is 0.763. The van der Waals surface area contributed by atoms with E-state index >= 15 is 0 Å². The zero-order valence-electron chi connectivity index (χ0n) is 12.6. The molecule has 114 valence electrons. The summed E-state index contributed by atoms with van der Waals surface area (Å²) in [5.74, 6) is 0.763. The predicted molar refractivity (Wildman–Crippen MR) is 88.8 cm³/mol. The number of hydrogen-bond donors (Lipinski definition) is 1. The molecule has 3 heterocycles. The SMILES string of the molecule is Cc1csc(CN(Cc2scnc2C)C[C@@H]2CCNC2)n1. The van der Waals surface area contributed by atoms with Crippen molar-refractivity contribution in [3.8, 4) is 0 Å². The van der Waals surface area contributed by atoms with Crippen LogP contribution in [0.4, 0.5) is 0 Å². The topological polar surface area (TPSA) is 41.1 Å². The van der Waals surface area contributed by atoms with E-state index in [9.17, 15) is 0 Å². The highest BCUT2D eigenvalue weighted by molar-refractivity contribution is 7.10. The van der Waals surface area contributed by atoms with Crippen molar-refractivity contribution in [3.05, 3.63) is 32.2 Å². The molecular weight excluding hydrogens is 300 g/mol. The fraction of sp³-hybridized carbons (Fsp3) is 0.600. The maximum absolute atomic E-state index is 4.63. The molecule has 1 N–H and O–H groups in total. The molecule has 1 saturated heterocycles. The van der Waals surface area contributed by atoms with Gasteiger partial charge in [-0.25, -0.2) is 9.97 Å². The van der Waals surface area contributed by atoms with Crippen molar-refractivity contribution in [2.24, 2.45) is 5.92 Å². The molecule has 0 radical (unpaired) electrons. The summed E-state index contributed by atoms with van der Waals surface area (Å²) >= 11 is 3.54. The smallest absolute Gasteiger partial charge is 0.107 e. The van der Waals surface area contributed by atoms with E-state index in [1.807, 2.05) is 5.51 Å². The predicted octanol–water partition coefficient (Wildman–Crippen LogP) is 2.83. The van der Waals surface area contributed by atoms with E-state index in [1.165, 1.54) is 22.0 Å². The molecule has 0 aromatic carbocycles. The number of aromatic nitrogens is 2. The molecule has 2 aromatic heterocycles. The van der Waals surface area contributed by atoms with Crippen molar-refractivity contribution in [2.45, 2.75) is 33.4 Å². The Kier molecular flexibility index (Phi) is 5.00. The minimum Gasteiger partial charge on any atom is -0.316 e. The third kappa shape index (κ3) is 4.10. The largest absolute Gasteiger partial charge is 0.316 e. The summed E-state index contributed by atoms with van der Waals surface area (Å²) in [6.07, 6.45) is 1.29. The highest BCUT2D eigenvalue weighted by Gasteiger charge is 2.20. The van der Waals surface area contributed by atoms with Gasteiger partial charge in [0, 0.05) is 29.0 Å². The molecule has 0 bridgehead atoms. The lowest BCUT2D eigenvalue weighted by Gasteiger charge is -2.24. The summed E-state index contributed by atoms with van der Waals surface area (Å²) in [4.78, 5) is 12.9. The standard InChI is InChI=1S/C15H22N4S2/c1-11-9-20-15(18-11)8-19(6-13-3-4-16-5-13)7-14-12(2)17-10-21-14/h9-10,13,16H,3-8H2,1-2H3/t13-/m1/s1. The Morgan fingerprint density at radius 3 is 2.86 bits per heavy atom. The first kappa shape index (κ1) is 15.1. The van der Waals surface area contributed by atoms with E-state index in [2.05, 4.69) is 39.4 Å². The van der Waals surface area contributed by atoms with Crippen molar-refractivity contribution in [2.75, 3.05) is 19.6 Å². The maximum Gasteiger partial charge on any atom is 0.107 e. The van der Waals surface area contributed by atoms with Crippen molar-refractivity contribution >= 4 is 22.7 Å². The fourth-order valence-electron chi connectivity index (χ4n) is 2.77. The number of aryl methyl sites for hydroxylation is 2. The van der Waals surface area contributed by atoms with Gasteiger partial charge in [-0.05, 0) is 39.3 Å². The zero-order valence-corrected chi connectivity index (χ0v) is 14.3. The van der Waals surface area contributed by atoms with E-state index in [-0.39, 0.29) is 0 Å². The normalized spacial score (nSPS) is 18.7. The Hall–Kier alpha value is -0.820. The van der Waals surface area contributed by atoms with E-state index in [0.717, 1.165) is 44.3 Å². The van der Waals surface area contributed by atoms with Crippen LogP contribution in [0, 0.1) is 19.8 Å². The molecule has 1 aliphatic heterocycles. The molecule has 1 aliphatic rings. The van der Waals surface area contributed by atoms with E-state index in [4.69, 9.17) is 0 Å². The Bertz CT molecular complexity index is 572. The second-order valence-electron chi connectivity index (χ2n) is 5.77. The van der Waals surface area contributed by atoms with Crippen LogP contribution in [0.25, 0.3) is 0 Å². The van der Waals surface area contributed by atoms with Gasteiger partial charge in [0.05, 0.1) is 17.7 Å². The van der Waals surface area contributed by atoms with Gasteiger partial charge in [0.2, 0.25) is 0 Å². The molecule has 3 rings (SSSR count). The molecular formula is C15H22N4S2. The zero-order chi connectivity index (χ0) is 14.7. The summed E-state index contributed by atoms with van der Waals surface area (Å²) in [7, 11) is 0. The van der Waals surface area contributed by atoms with Crippen LogP contribution < -0.4 is 5.32 Å². The third-order valence-corrected chi connectivity index (χ3v) is 5.79. The molecule has 0 saturated carbocycles. The van der Waals surface area contributed by atoms with Crippen LogP contribution in [-0.4, -0.2) is 34.5 Å². The third-order valence-electron chi connectivity index (χ3n) is 3.92. The summed E-state index contributed by atoms with van der Waals surface area (Å²) in [5.41, 5.74) is 4.25. The molecule has 1 atom stereocenters. The molecule has 0 unspecified atom stereocenters. The first-order valence-electron chi connectivity index (χ1n) is 7.43. The summed E-state index contributed by atoms with van der Waals surface area (Å²) < 4.78 is 0. The van der Waals surface area contributed by atoms with Gasteiger partial charge in [0.15, 0.2) is 0 Å². The average Bonchev–Trinajstić information content (AvgIpc) is 3.16. The Morgan fingerprint density at radius 1 is 1.33 bits per heavy atom. The first-order valence-corrected chi connectivity index (χ1v) is 9.19. The van der Waals surface area contributed by atoms with Crippen molar-refractivity contribution < 1.29 is 0 Å². The fourth-order valence-corrected chi connectivity index (χ4v) is 4.40. The van der Waals surface area contributed by atoms with Gasteiger partial charge in [0.25, 0.3) is 0 Å². The average molecular weight is 323 g/mol. The molecule has 0 aliphatic carbocycles. The van der Waals surface area contributed by atoms with Crippen LogP contribution in [0.15, 0.2) is 10.9 Å². The highest BCUT2D eigenvalue weighted by Crippen LogP contribution is 2.21. The molecule has 6 heteroatoms. The van der Waals surface area contributed by atoms with Gasteiger partial charge in [-0.15, -0.1) is 22.7 Å². The van der Waals surface area contributed by atoms with Crippen LogP contribution in [0.1, 0.15) is 27.7 Å². The van der Waals surface area contributed by atoms with Crippen LogP contribution in [0.3, 0.4) is 0 Å². The monoisotopic (exact) mass is 322 g/mol. The van der Waals surface area contributed by atoms with Gasteiger partial charge >= 0.3 is 0 Å². The van der Waals surface area contributed by atoms with E-state index in [0.29, 0.717) is 0 Å². The van der Waals surface area contributed by atoms with E-state index < -0.39 is 0 Å². The maximum atomic E-state index is 4.63. The second-order valence-corrected chi connectivity index (χ2v) is 7.65. The number of thiazole rings is 2. The van der Waals surface area contributed by atoms with Crippen LogP contribution in [0.5, 0.6) is 0 Å². The molecule has 1 fully saturated rings. The van der Waals surface area contributed by atoms with Gasteiger partial charge in [-0.3, -0.25) is 4.90 Å². The number of hydrogen-bond acceptors (Lipinski definition) is 6. The van der Waals surface area contributed by atoms with Crippen molar-refractivity contribution in [1.29, 1.82) is 0 Å². The van der Waals surface area contributed by atoms with Gasteiger partial charge in [0.1, 0.15) is 5.01 Å². The Morgan fingerprint density at radius 2 is 2.24 bits per heavy atom. The molecule has 0 spiro atoms. The quantitative estimate of drug-likeness (QED) is 0.888. The Labute approximate surface area is 134 Å². The summed E-state index contributed by atoms with van der Waals surface area (Å²) in [6, 6.07) is 0. The lowest BCUT2D eigenvalue weighted by molar-refractivity contribution is 0.221. The van der Waals surface area contributed by atoms with Crippen molar-refractivity contribution in [1.82, 2.24) is 20.2 Å². The molecule has 21 heavy (non-hydrogen) atoms. The summed E-state index contributed by atoms with van der Waals surface area (Å²) in [5, 5.41) is 6.83. The lowest BCUT2D eigenvalue weighted by atomic mass is 10.1. The second kappa shape index (κ2) is 6.96. The molecule has 0 amide bonds. The van der Waals surface area contributed by atoms with E-state index in [1.54, 1.807) is 22.7 Å². The number of nitrogens with zero attached hydrogens (tertiary/aromatic N) is 3. The highest BCUT2D eigenvalue weighted by atomic mass is 32.1. The first-order chi connectivity index (χ1) is 10.2. The van der Waals surface area contributed by atoms with Crippen LogP contribution in [0.2, 0.25) is 0 Å². The number of rotatable bonds is 6. The van der Waals surface area contributed by atoms with Crippen LogP contribution >= 0.6 is 22.7 Å². The van der Waals surface area contributed by atoms with Crippen molar-refractivity contribution in [3.63, 3.8) is 0 Å². The molecule has 4 nitrogen and oxygen atoms in total. The van der Waals surface area contributed by atoms with Gasteiger partial charge < -0.3 is 5.32 Å². The van der Waals surface area contributed by atoms with Gasteiger partial charge in [-0.2, -0.15) is 0 Å². The van der Waals surface area contributed by atoms with Crippen LogP contribution in [-0.2, 0) is 13.1 Å². The molecule has 2 aromatic rings. The minimum absolute atomic E-state index is 0.763. The summed E-state index contributed by atoms with van der Waals surface area (Å²) in [6.45, 7) is 9.57.